The fraction of sp³-hybridized carbons (Fsp3) is 0.519. The molecule has 1 saturated heterocycles. The smallest absolute Gasteiger partial charge is 0.258 e. The van der Waals surface area contributed by atoms with Crippen LogP contribution in [0.5, 0.6) is 0 Å². The van der Waals surface area contributed by atoms with Gasteiger partial charge in [0.15, 0.2) is 0 Å². The summed E-state index contributed by atoms with van der Waals surface area (Å²) in [5.74, 6) is -0.514. The maximum atomic E-state index is 16.0. The van der Waals surface area contributed by atoms with Crippen LogP contribution in [0.4, 0.5) is 15.9 Å². The van der Waals surface area contributed by atoms with Crippen LogP contribution in [0.1, 0.15) is 42.1 Å². The first-order valence-corrected chi connectivity index (χ1v) is 13.0. The lowest BCUT2D eigenvalue weighted by Crippen LogP contribution is -2.42. The zero-order chi connectivity index (χ0) is 26.4. The monoisotopic (exact) mass is 526 g/mol. The van der Waals surface area contributed by atoms with Crippen LogP contribution in [0.15, 0.2) is 18.3 Å². The topological polar surface area (TPSA) is 108 Å². The molecule has 1 saturated carbocycles. The Hall–Kier alpha value is -2.93. The number of nitriles is 1. The zero-order valence-electron chi connectivity index (χ0n) is 21.2. The van der Waals surface area contributed by atoms with Crippen molar-refractivity contribution >= 4 is 29.0 Å². The first-order valence-electron chi connectivity index (χ1n) is 12.7. The fourth-order valence-corrected chi connectivity index (χ4v) is 6.40. The van der Waals surface area contributed by atoms with Crippen LogP contribution in [0.25, 0.3) is 11.1 Å². The molecule has 196 valence electrons. The SMILES string of the molecule is CN(CCN1CCOCC1)C(=O)c1c(N)ccc(-c2cnc3c(c2Cl)C2(CCC(C)(C#N)C2)CN3)c1F. The van der Waals surface area contributed by atoms with E-state index in [4.69, 9.17) is 22.1 Å². The molecule has 0 radical (unpaired) electrons. The second-order valence-electron chi connectivity index (χ2n) is 10.8. The molecule has 3 N–H and O–H groups in total. The summed E-state index contributed by atoms with van der Waals surface area (Å²) in [6.45, 7) is 6.67. The van der Waals surface area contributed by atoms with E-state index >= 15 is 4.39 Å². The van der Waals surface area contributed by atoms with Gasteiger partial charge < -0.3 is 20.7 Å². The summed E-state index contributed by atoms with van der Waals surface area (Å²) in [4.78, 5) is 21.6. The molecule has 0 bridgehead atoms. The van der Waals surface area contributed by atoms with Crippen molar-refractivity contribution in [1.82, 2.24) is 14.8 Å². The number of fused-ring (bicyclic) bond motifs is 2. The Labute approximate surface area is 221 Å². The number of nitrogen functional groups attached to an aromatic ring is 1. The van der Waals surface area contributed by atoms with Gasteiger partial charge in [0, 0.05) is 73.8 Å². The molecule has 2 atom stereocenters. The highest BCUT2D eigenvalue weighted by Crippen LogP contribution is 2.57. The lowest BCUT2D eigenvalue weighted by molar-refractivity contribution is 0.0338. The number of likely N-dealkylation sites (N-methyl/N-ethyl adjacent to an activating group) is 1. The van der Waals surface area contributed by atoms with E-state index in [0.29, 0.717) is 55.7 Å². The third kappa shape index (κ3) is 4.52. The number of amides is 1. The van der Waals surface area contributed by atoms with Gasteiger partial charge in [0.05, 0.1) is 35.3 Å². The van der Waals surface area contributed by atoms with Crippen LogP contribution in [-0.4, -0.2) is 73.7 Å². The van der Waals surface area contributed by atoms with Gasteiger partial charge in [-0.05, 0) is 38.3 Å². The van der Waals surface area contributed by atoms with Gasteiger partial charge in [0.25, 0.3) is 5.91 Å². The van der Waals surface area contributed by atoms with Crippen LogP contribution in [-0.2, 0) is 10.2 Å². The lowest BCUT2D eigenvalue weighted by atomic mass is 9.77. The summed E-state index contributed by atoms with van der Waals surface area (Å²) in [5, 5.41) is 13.4. The highest BCUT2D eigenvalue weighted by Gasteiger charge is 2.52. The van der Waals surface area contributed by atoms with Gasteiger partial charge in [-0.15, -0.1) is 0 Å². The lowest BCUT2D eigenvalue weighted by Gasteiger charge is -2.29. The second kappa shape index (κ2) is 9.75. The predicted octanol–water partition coefficient (Wildman–Crippen LogP) is 3.90. The van der Waals surface area contributed by atoms with Crippen molar-refractivity contribution in [1.29, 1.82) is 5.26 Å². The van der Waals surface area contributed by atoms with Gasteiger partial charge in [-0.3, -0.25) is 9.69 Å². The Morgan fingerprint density at radius 1 is 1.35 bits per heavy atom. The van der Waals surface area contributed by atoms with Gasteiger partial charge in [0.1, 0.15) is 11.6 Å². The summed E-state index contributed by atoms with van der Waals surface area (Å²) in [7, 11) is 1.65. The number of hydrogen-bond donors (Lipinski definition) is 2. The molecule has 5 rings (SSSR count). The number of nitrogens with zero attached hydrogens (tertiary/aromatic N) is 4. The van der Waals surface area contributed by atoms with E-state index in [9.17, 15) is 10.1 Å². The van der Waals surface area contributed by atoms with Crippen LogP contribution in [0, 0.1) is 22.6 Å². The molecule has 3 heterocycles. The highest BCUT2D eigenvalue weighted by molar-refractivity contribution is 6.34. The molecule has 1 amide bonds. The third-order valence-electron chi connectivity index (χ3n) is 8.17. The first kappa shape index (κ1) is 25.7. The molecule has 2 aliphatic heterocycles. The molecule has 1 spiro atoms. The number of nitrogens with two attached hydrogens (primary N) is 1. The summed E-state index contributed by atoms with van der Waals surface area (Å²) in [5.41, 5.74) is 6.68. The highest BCUT2D eigenvalue weighted by atomic mass is 35.5. The minimum atomic E-state index is -0.708. The maximum absolute atomic E-state index is 16.0. The molecule has 2 unspecified atom stereocenters. The number of pyridine rings is 1. The van der Waals surface area contributed by atoms with Crippen molar-refractivity contribution in [2.75, 3.05) is 64.0 Å². The Kier molecular flexibility index (Phi) is 6.77. The Balaban J connectivity index is 1.46. The Morgan fingerprint density at radius 2 is 2.11 bits per heavy atom. The van der Waals surface area contributed by atoms with Crippen LogP contribution in [0.3, 0.4) is 0 Å². The van der Waals surface area contributed by atoms with E-state index in [2.05, 4.69) is 21.3 Å². The van der Waals surface area contributed by atoms with Crippen molar-refractivity contribution < 1.29 is 13.9 Å². The number of nitrogens with one attached hydrogen (secondary N) is 1. The van der Waals surface area contributed by atoms with E-state index in [1.807, 2.05) is 6.92 Å². The summed E-state index contributed by atoms with van der Waals surface area (Å²) >= 11 is 6.96. The molecule has 1 aromatic heterocycles. The molecular weight excluding hydrogens is 495 g/mol. The number of anilines is 2. The van der Waals surface area contributed by atoms with Gasteiger partial charge in [-0.1, -0.05) is 11.6 Å². The van der Waals surface area contributed by atoms with Crippen LogP contribution in [0.2, 0.25) is 5.02 Å². The van der Waals surface area contributed by atoms with Crippen molar-refractivity contribution in [2.24, 2.45) is 5.41 Å². The Morgan fingerprint density at radius 3 is 2.81 bits per heavy atom. The Bertz CT molecular complexity index is 1280. The molecule has 37 heavy (non-hydrogen) atoms. The zero-order valence-corrected chi connectivity index (χ0v) is 22.0. The molecule has 8 nitrogen and oxygen atoms in total. The molecule has 3 aliphatic rings. The minimum Gasteiger partial charge on any atom is -0.398 e. The standard InChI is InChI=1S/C27H32ClFN6O2/c1-26(15-30)5-6-27(14-26)16-33-24-21(27)22(28)18(13-32-24)17-3-4-19(31)20(23(17)29)25(36)34(2)7-8-35-9-11-37-12-10-35/h3-4,13H,5-12,14,16,31H2,1-2H3,(H,32,33). The number of halogens is 2. The van der Waals surface area contributed by atoms with Gasteiger partial charge in [-0.25, -0.2) is 9.37 Å². The number of ether oxygens (including phenoxy) is 1. The van der Waals surface area contributed by atoms with E-state index in [1.54, 1.807) is 19.2 Å². The minimum absolute atomic E-state index is 0.0773. The van der Waals surface area contributed by atoms with Gasteiger partial charge in [0.2, 0.25) is 0 Å². The number of carbonyl (C=O) groups excluding carboxylic acids is 1. The maximum Gasteiger partial charge on any atom is 0.258 e. The number of rotatable bonds is 5. The first-order chi connectivity index (χ1) is 17.7. The molecular formula is C27H32ClFN6O2. The molecule has 1 aromatic carbocycles. The molecule has 2 fully saturated rings. The third-order valence-corrected chi connectivity index (χ3v) is 8.57. The fourth-order valence-electron chi connectivity index (χ4n) is 5.96. The van der Waals surface area contributed by atoms with E-state index in [0.717, 1.165) is 31.5 Å². The molecule has 2 aromatic rings. The number of morpholine rings is 1. The molecule has 1 aliphatic carbocycles. The number of aromatic nitrogens is 1. The van der Waals surface area contributed by atoms with Crippen molar-refractivity contribution in [3.05, 3.63) is 40.3 Å². The quantitative estimate of drug-likeness (QED) is 0.569. The van der Waals surface area contributed by atoms with Crippen molar-refractivity contribution in [3.8, 4) is 17.2 Å². The van der Waals surface area contributed by atoms with Crippen molar-refractivity contribution in [3.63, 3.8) is 0 Å². The number of hydrogen-bond acceptors (Lipinski definition) is 7. The number of benzene rings is 1. The number of carbonyl (C=O) groups is 1. The average molecular weight is 527 g/mol. The van der Waals surface area contributed by atoms with E-state index < -0.39 is 17.1 Å². The summed E-state index contributed by atoms with van der Waals surface area (Å²) < 4.78 is 21.4. The van der Waals surface area contributed by atoms with Crippen LogP contribution < -0.4 is 11.1 Å². The average Bonchev–Trinajstić information content (AvgIpc) is 3.44. The summed E-state index contributed by atoms with van der Waals surface area (Å²) in [6, 6.07) is 5.54. The normalized spacial score (nSPS) is 25.1. The van der Waals surface area contributed by atoms with Gasteiger partial charge in [-0.2, -0.15) is 5.26 Å². The van der Waals surface area contributed by atoms with E-state index in [-0.39, 0.29) is 22.2 Å². The van der Waals surface area contributed by atoms with E-state index in [1.165, 1.54) is 11.1 Å². The second-order valence-corrected chi connectivity index (χ2v) is 11.1. The van der Waals surface area contributed by atoms with Crippen molar-refractivity contribution in [2.45, 2.75) is 31.6 Å². The predicted molar refractivity (Wildman–Crippen MR) is 141 cm³/mol. The van der Waals surface area contributed by atoms with Gasteiger partial charge >= 0.3 is 0 Å². The summed E-state index contributed by atoms with van der Waals surface area (Å²) in [6.07, 6.45) is 3.75. The van der Waals surface area contributed by atoms with Crippen LogP contribution >= 0.6 is 11.6 Å². The largest absolute Gasteiger partial charge is 0.398 e. The molecule has 10 heteroatoms.